The molecule has 0 N–H and O–H groups in total. The molecular weight excluding hydrogens is 292 g/mol. The highest BCUT2D eigenvalue weighted by Gasteiger charge is 2.07. The molecule has 0 aromatic heterocycles. The molecule has 0 radical (unpaired) electrons. The SMILES string of the molecule is CCCCOc1ccc(SCCCCC=O)c2ccccc12. The Morgan fingerprint density at radius 3 is 2.64 bits per heavy atom. The summed E-state index contributed by atoms with van der Waals surface area (Å²) in [5.41, 5.74) is 0. The van der Waals surface area contributed by atoms with Gasteiger partial charge in [-0.1, -0.05) is 37.6 Å². The molecule has 22 heavy (non-hydrogen) atoms. The highest BCUT2D eigenvalue weighted by atomic mass is 32.2. The summed E-state index contributed by atoms with van der Waals surface area (Å²) >= 11 is 1.87. The Labute approximate surface area is 137 Å². The van der Waals surface area contributed by atoms with Crippen molar-refractivity contribution in [1.82, 2.24) is 0 Å². The molecule has 0 aliphatic rings. The Morgan fingerprint density at radius 1 is 1.05 bits per heavy atom. The Kier molecular flexibility index (Phi) is 7.31. The van der Waals surface area contributed by atoms with Crippen molar-refractivity contribution in [3.63, 3.8) is 0 Å². The van der Waals surface area contributed by atoms with Crippen molar-refractivity contribution < 1.29 is 9.53 Å². The van der Waals surface area contributed by atoms with Crippen molar-refractivity contribution in [2.45, 2.75) is 43.9 Å². The Bertz CT molecular complexity index is 595. The van der Waals surface area contributed by atoms with Crippen LogP contribution in [0.4, 0.5) is 0 Å². The van der Waals surface area contributed by atoms with E-state index in [1.807, 2.05) is 11.8 Å². The monoisotopic (exact) mass is 316 g/mol. The highest BCUT2D eigenvalue weighted by Crippen LogP contribution is 2.34. The second-order valence-electron chi connectivity index (χ2n) is 5.32. The van der Waals surface area contributed by atoms with Gasteiger partial charge >= 0.3 is 0 Å². The van der Waals surface area contributed by atoms with Gasteiger partial charge in [-0.05, 0) is 42.5 Å². The molecule has 3 heteroatoms. The van der Waals surface area contributed by atoms with Gasteiger partial charge in [0.2, 0.25) is 0 Å². The van der Waals surface area contributed by atoms with Gasteiger partial charge in [0.25, 0.3) is 0 Å². The summed E-state index contributed by atoms with van der Waals surface area (Å²) < 4.78 is 5.92. The van der Waals surface area contributed by atoms with Gasteiger partial charge in [0.1, 0.15) is 12.0 Å². The maximum absolute atomic E-state index is 10.3. The number of aldehydes is 1. The maximum Gasteiger partial charge on any atom is 0.127 e. The molecule has 2 aromatic carbocycles. The number of carbonyl (C=O) groups is 1. The van der Waals surface area contributed by atoms with Crippen LogP contribution in [0.1, 0.15) is 39.0 Å². The van der Waals surface area contributed by atoms with E-state index in [0.717, 1.165) is 50.1 Å². The van der Waals surface area contributed by atoms with Crippen LogP contribution >= 0.6 is 11.8 Å². The molecule has 0 aliphatic carbocycles. The Balaban J connectivity index is 2.08. The van der Waals surface area contributed by atoms with E-state index in [1.165, 1.54) is 15.7 Å². The largest absolute Gasteiger partial charge is 0.493 e. The zero-order chi connectivity index (χ0) is 15.6. The van der Waals surface area contributed by atoms with E-state index in [9.17, 15) is 4.79 Å². The molecule has 0 unspecified atom stereocenters. The third kappa shape index (κ3) is 4.77. The lowest BCUT2D eigenvalue weighted by atomic mass is 10.1. The number of hydrogen-bond acceptors (Lipinski definition) is 3. The fourth-order valence-corrected chi connectivity index (χ4v) is 3.40. The van der Waals surface area contributed by atoms with E-state index in [0.29, 0.717) is 6.42 Å². The Morgan fingerprint density at radius 2 is 1.86 bits per heavy atom. The molecule has 0 atom stereocenters. The van der Waals surface area contributed by atoms with Gasteiger partial charge in [-0.3, -0.25) is 0 Å². The van der Waals surface area contributed by atoms with Crippen molar-refractivity contribution in [3.8, 4) is 5.75 Å². The summed E-state index contributed by atoms with van der Waals surface area (Å²) in [7, 11) is 0. The molecule has 0 amide bonds. The van der Waals surface area contributed by atoms with Crippen LogP contribution in [0, 0.1) is 0 Å². The van der Waals surface area contributed by atoms with Gasteiger partial charge in [-0.2, -0.15) is 0 Å². The fraction of sp³-hybridized carbons (Fsp3) is 0.421. The lowest BCUT2D eigenvalue weighted by molar-refractivity contribution is -0.107. The number of fused-ring (bicyclic) bond motifs is 1. The quantitative estimate of drug-likeness (QED) is 0.330. The van der Waals surface area contributed by atoms with Crippen molar-refractivity contribution in [3.05, 3.63) is 36.4 Å². The van der Waals surface area contributed by atoms with E-state index in [4.69, 9.17) is 4.74 Å². The molecule has 0 saturated carbocycles. The van der Waals surface area contributed by atoms with Gasteiger partial charge in [0, 0.05) is 16.7 Å². The number of ether oxygens (including phenoxy) is 1. The topological polar surface area (TPSA) is 26.3 Å². The summed E-state index contributed by atoms with van der Waals surface area (Å²) in [5.74, 6) is 2.03. The first-order valence-corrected chi connectivity index (χ1v) is 9.06. The number of unbranched alkanes of at least 4 members (excludes halogenated alkanes) is 3. The van der Waals surface area contributed by atoms with E-state index in [1.54, 1.807) is 0 Å². The minimum Gasteiger partial charge on any atom is -0.493 e. The molecule has 0 saturated heterocycles. The van der Waals surface area contributed by atoms with Gasteiger partial charge in [-0.25, -0.2) is 0 Å². The molecule has 0 fully saturated rings. The fourth-order valence-electron chi connectivity index (χ4n) is 2.33. The van der Waals surface area contributed by atoms with Crippen LogP contribution < -0.4 is 4.74 Å². The predicted molar refractivity (Wildman–Crippen MR) is 95.0 cm³/mol. The van der Waals surface area contributed by atoms with E-state index < -0.39 is 0 Å². The average Bonchev–Trinajstić information content (AvgIpc) is 2.56. The van der Waals surface area contributed by atoms with Crippen LogP contribution in [0.2, 0.25) is 0 Å². The number of rotatable bonds is 10. The molecule has 0 bridgehead atoms. The van der Waals surface area contributed by atoms with E-state index in [-0.39, 0.29) is 0 Å². The molecular formula is C19H24O2S. The molecule has 0 aliphatic heterocycles. The first-order chi connectivity index (χ1) is 10.9. The summed E-state index contributed by atoms with van der Waals surface area (Å²) in [6.45, 7) is 2.95. The zero-order valence-corrected chi connectivity index (χ0v) is 14.0. The minimum atomic E-state index is 0.672. The zero-order valence-electron chi connectivity index (χ0n) is 13.2. The molecule has 2 aromatic rings. The van der Waals surface area contributed by atoms with Gasteiger partial charge in [0.05, 0.1) is 6.61 Å². The lowest BCUT2D eigenvalue weighted by Gasteiger charge is -2.12. The van der Waals surface area contributed by atoms with E-state index in [2.05, 4.69) is 43.3 Å². The summed E-state index contributed by atoms with van der Waals surface area (Å²) in [6.07, 6.45) is 5.96. The van der Waals surface area contributed by atoms with E-state index >= 15 is 0 Å². The van der Waals surface area contributed by atoms with Crippen LogP contribution in [0.3, 0.4) is 0 Å². The minimum absolute atomic E-state index is 0.672. The van der Waals surface area contributed by atoms with Crippen molar-refractivity contribution in [2.24, 2.45) is 0 Å². The maximum atomic E-state index is 10.3. The first kappa shape index (κ1) is 16.9. The lowest BCUT2D eigenvalue weighted by Crippen LogP contribution is -1.97. The molecule has 2 rings (SSSR count). The average molecular weight is 316 g/mol. The van der Waals surface area contributed by atoms with Crippen LogP contribution in [-0.2, 0) is 4.79 Å². The van der Waals surface area contributed by atoms with Crippen LogP contribution in [-0.4, -0.2) is 18.6 Å². The summed E-state index contributed by atoms with van der Waals surface area (Å²) in [4.78, 5) is 11.6. The first-order valence-electron chi connectivity index (χ1n) is 8.07. The van der Waals surface area contributed by atoms with Gasteiger partial charge < -0.3 is 9.53 Å². The highest BCUT2D eigenvalue weighted by molar-refractivity contribution is 7.99. The third-order valence-electron chi connectivity index (χ3n) is 3.57. The standard InChI is InChI=1S/C19H24O2S/c1-2-3-14-21-18-11-12-19(22-15-8-4-7-13-20)17-10-6-5-9-16(17)18/h5-6,9-13H,2-4,7-8,14-15H2,1H3. The predicted octanol–water partition coefficient (Wildman–Crippen LogP) is 5.48. The third-order valence-corrected chi connectivity index (χ3v) is 4.73. The molecule has 2 nitrogen and oxygen atoms in total. The van der Waals surface area contributed by atoms with Crippen molar-refractivity contribution in [1.29, 1.82) is 0 Å². The normalized spacial score (nSPS) is 10.8. The van der Waals surface area contributed by atoms with Crippen LogP contribution in [0.5, 0.6) is 5.75 Å². The second kappa shape index (κ2) is 9.52. The van der Waals surface area contributed by atoms with Crippen molar-refractivity contribution in [2.75, 3.05) is 12.4 Å². The number of carbonyl (C=O) groups excluding carboxylic acids is 1. The second-order valence-corrected chi connectivity index (χ2v) is 6.46. The molecule has 0 spiro atoms. The molecule has 0 heterocycles. The smallest absolute Gasteiger partial charge is 0.127 e. The van der Waals surface area contributed by atoms with Gasteiger partial charge in [-0.15, -0.1) is 11.8 Å². The van der Waals surface area contributed by atoms with Gasteiger partial charge in [0.15, 0.2) is 0 Å². The number of benzene rings is 2. The number of thioether (sulfide) groups is 1. The number of hydrogen-bond donors (Lipinski definition) is 0. The van der Waals surface area contributed by atoms with Crippen LogP contribution in [0.25, 0.3) is 10.8 Å². The Hall–Kier alpha value is -1.48. The molecule has 118 valence electrons. The summed E-state index contributed by atoms with van der Waals surface area (Å²) in [5, 5.41) is 2.45. The van der Waals surface area contributed by atoms with Crippen molar-refractivity contribution >= 4 is 28.8 Å². The summed E-state index contributed by atoms with van der Waals surface area (Å²) in [6, 6.07) is 12.7. The van der Waals surface area contributed by atoms with Crippen LogP contribution in [0.15, 0.2) is 41.3 Å².